The number of hydrogen-bond acceptors (Lipinski definition) is 2. The smallest absolute Gasteiger partial charge is 0.303 e. The van der Waals surface area contributed by atoms with Crippen LogP contribution in [0.1, 0.15) is 41.6 Å². The molecule has 0 aromatic heterocycles. The van der Waals surface area contributed by atoms with E-state index in [-0.39, 0.29) is 12.3 Å². The molecule has 0 spiro atoms. The minimum absolute atomic E-state index is 0.0708. The molecule has 1 atom stereocenters. The highest BCUT2D eigenvalue weighted by Crippen LogP contribution is 2.25. The number of aldehydes is 1. The van der Waals surface area contributed by atoms with Gasteiger partial charge in [0.15, 0.2) is 0 Å². The van der Waals surface area contributed by atoms with Gasteiger partial charge in [-0.2, -0.15) is 0 Å². The predicted molar refractivity (Wildman–Crippen MR) is 57.1 cm³/mol. The summed E-state index contributed by atoms with van der Waals surface area (Å²) in [5.41, 5.74) is 1.42. The number of rotatable bonds is 5. The molecular weight excluding hydrogens is 192 g/mol. The van der Waals surface area contributed by atoms with Crippen molar-refractivity contribution in [1.29, 1.82) is 0 Å². The standard InChI is InChI=1S/C12H14O3/c1-2-9(7-12(14)15)11-6-4-3-5-10(11)8-13/h3-6,8-9H,2,7H2,1H3,(H,14,15). The Kier molecular flexibility index (Phi) is 4.03. The zero-order valence-corrected chi connectivity index (χ0v) is 8.64. The molecule has 0 saturated heterocycles. The number of benzene rings is 1. The topological polar surface area (TPSA) is 54.4 Å². The lowest BCUT2D eigenvalue weighted by Gasteiger charge is -2.14. The molecular formula is C12H14O3. The first-order valence-electron chi connectivity index (χ1n) is 4.95. The van der Waals surface area contributed by atoms with Crippen LogP contribution in [-0.2, 0) is 4.79 Å². The summed E-state index contributed by atoms with van der Waals surface area (Å²) >= 11 is 0. The second-order valence-corrected chi connectivity index (χ2v) is 3.45. The van der Waals surface area contributed by atoms with Crippen LogP contribution in [0.25, 0.3) is 0 Å². The number of carboxylic acids is 1. The van der Waals surface area contributed by atoms with Crippen LogP contribution in [0.3, 0.4) is 0 Å². The summed E-state index contributed by atoms with van der Waals surface area (Å²) in [7, 11) is 0. The molecule has 1 N–H and O–H groups in total. The van der Waals surface area contributed by atoms with Crippen LogP contribution in [-0.4, -0.2) is 17.4 Å². The van der Waals surface area contributed by atoms with E-state index in [1.165, 1.54) is 0 Å². The van der Waals surface area contributed by atoms with Crippen molar-refractivity contribution < 1.29 is 14.7 Å². The van der Waals surface area contributed by atoms with Crippen LogP contribution in [0.2, 0.25) is 0 Å². The third-order valence-corrected chi connectivity index (χ3v) is 2.48. The van der Waals surface area contributed by atoms with Gasteiger partial charge in [0.25, 0.3) is 0 Å². The lowest BCUT2D eigenvalue weighted by Crippen LogP contribution is -2.07. The summed E-state index contributed by atoms with van der Waals surface area (Å²) in [4.78, 5) is 21.4. The Morgan fingerprint density at radius 1 is 1.47 bits per heavy atom. The highest BCUT2D eigenvalue weighted by molar-refractivity contribution is 5.78. The molecule has 1 aromatic carbocycles. The number of carbonyl (C=O) groups excluding carboxylic acids is 1. The third kappa shape index (κ3) is 2.91. The molecule has 15 heavy (non-hydrogen) atoms. The maximum atomic E-state index is 10.8. The summed E-state index contributed by atoms with van der Waals surface area (Å²) in [5.74, 6) is -0.911. The van der Waals surface area contributed by atoms with Gasteiger partial charge < -0.3 is 5.11 Å². The van der Waals surface area contributed by atoms with Crippen molar-refractivity contribution in [3.8, 4) is 0 Å². The summed E-state index contributed by atoms with van der Waals surface area (Å²) in [6, 6.07) is 7.14. The van der Waals surface area contributed by atoms with E-state index in [2.05, 4.69) is 0 Å². The molecule has 0 aliphatic carbocycles. The van der Waals surface area contributed by atoms with E-state index in [1.54, 1.807) is 12.1 Å². The van der Waals surface area contributed by atoms with E-state index in [4.69, 9.17) is 5.11 Å². The second-order valence-electron chi connectivity index (χ2n) is 3.45. The first-order chi connectivity index (χ1) is 7.19. The monoisotopic (exact) mass is 206 g/mol. The molecule has 1 aromatic rings. The Morgan fingerprint density at radius 2 is 2.13 bits per heavy atom. The van der Waals surface area contributed by atoms with E-state index < -0.39 is 5.97 Å². The molecule has 0 bridgehead atoms. The lowest BCUT2D eigenvalue weighted by atomic mass is 9.90. The summed E-state index contributed by atoms with van der Waals surface area (Å²) in [6.07, 6.45) is 1.57. The average molecular weight is 206 g/mol. The minimum atomic E-state index is -0.831. The van der Waals surface area contributed by atoms with Crippen molar-refractivity contribution in [1.82, 2.24) is 0 Å². The Balaban J connectivity index is 3.00. The zero-order valence-electron chi connectivity index (χ0n) is 8.64. The third-order valence-electron chi connectivity index (χ3n) is 2.48. The summed E-state index contributed by atoms with van der Waals surface area (Å²) < 4.78 is 0. The molecule has 0 radical (unpaired) electrons. The van der Waals surface area contributed by atoms with Crippen LogP contribution >= 0.6 is 0 Å². The number of aliphatic carboxylic acids is 1. The van der Waals surface area contributed by atoms with Gasteiger partial charge in [-0.05, 0) is 17.9 Å². The predicted octanol–water partition coefficient (Wildman–Crippen LogP) is 2.47. The van der Waals surface area contributed by atoms with E-state index >= 15 is 0 Å². The van der Waals surface area contributed by atoms with Crippen molar-refractivity contribution in [2.75, 3.05) is 0 Å². The Bertz CT molecular complexity index is 358. The highest BCUT2D eigenvalue weighted by Gasteiger charge is 2.16. The molecule has 3 nitrogen and oxygen atoms in total. The molecule has 80 valence electrons. The number of carbonyl (C=O) groups is 2. The maximum absolute atomic E-state index is 10.8. The molecule has 3 heteroatoms. The van der Waals surface area contributed by atoms with Crippen LogP contribution in [0.4, 0.5) is 0 Å². The minimum Gasteiger partial charge on any atom is -0.481 e. The van der Waals surface area contributed by atoms with E-state index in [9.17, 15) is 9.59 Å². The highest BCUT2D eigenvalue weighted by atomic mass is 16.4. The van der Waals surface area contributed by atoms with Gasteiger partial charge in [0.05, 0.1) is 6.42 Å². The molecule has 0 saturated carbocycles. The van der Waals surface area contributed by atoms with Crippen LogP contribution in [0.5, 0.6) is 0 Å². The fraction of sp³-hybridized carbons (Fsp3) is 0.333. The Labute approximate surface area is 88.7 Å². The molecule has 1 rings (SSSR count). The molecule has 0 aliphatic rings. The van der Waals surface area contributed by atoms with Crippen LogP contribution in [0, 0.1) is 0 Å². The van der Waals surface area contributed by atoms with Crippen molar-refractivity contribution in [3.63, 3.8) is 0 Å². The molecule has 0 amide bonds. The quantitative estimate of drug-likeness (QED) is 0.753. The van der Waals surface area contributed by atoms with E-state index in [0.29, 0.717) is 5.56 Å². The summed E-state index contributed by atoms with van der Waals surface area (Å²) in [5, 5.41) is 8.75. The first-order valence-corrected chi connectivity index (χ1v) is 4.95. The normalized spacial score (nSPS) is 12.1. The second kappa shape index (κ2) is 5.29. The molecule has 0 heterocycles. The van der Waals surface area contributed by atoms with Crippen molar-refractivity contribution >= 4 is 12.3 Å². The van der Waals surface area contributed by atoms with Gasteiger partial charge in [-0.15, -0.1) is 0 Å². The van der Waals surface area contributed by atoms with Gasteiger partial charge in [0.1, 0.15) is 6.29 Å². The Hall–Kier alpha value is -1.64. The van der Waals surface area contributed by atoms with E-state index in [0.717, 1.165) is 18.3 Å². The van der Waals surface area contributed by atoms with Crippen molar-refractivity contribution in [3.05, 3.63) is 35.4 Å². The SMILES string of the molecule is CCC(CC(=O)O)c1ccccc1C=O. The maximum Gasteiger partial charge on any atom is 0.303 e. The Morgan fingerprint density at radius 3 is 2.67 bits per heavy atom. The van der Waals surface area contributed by atoms with E-state index in [1.807, 2.05) is 19.1 Å². The first kappa shape index (κ1) is 11.4. The zero-order chi connectivity index (χ0) is 11.3. The van der Waals surface area contributed by atoms with Crippen molar-refractivity contribution in [2.24, 2.45) is 0 Å². The van der Waals surface area contributed by atoms with Crippen LogP contribution in [0.15, 0.2) is 24.3 Å². The van der Waals surface area contributed by atoms with Gasteiger partial charge >= 0.3 is 5.97 Å². The molecule has 0 fully saturated rings. The average Bonchev–Trinajstić information content (AvgIpc) is 2.25. The lowest BCUT2D eigenvalue weighted by molar-refractivity contribution is -0.137. The summed E-state index contributed by atoms with van der Waals surface area (Å²) in [6.45, 7) is 1.93. The van der Waals surface area contributed by atoms with Gasteiger partial charge in [0, 0.05) is 5.56 Å². The van der Waals surface area contributed by atoms with Gasteiger partial charge in [-0.1, -0.05) is 31.2 Å². The largest absolute Gasteiger partial charge is 0.481 e. The molecule has 0 aliphatic heterocycles. The molecule has 1 unspecified atom stereocenters. The number of carboxylic acid groups (broad SMARTS) is 1. The fourth-order valence-corrected chi connectivity index (χ4v) is 1.68. The van der Waals surface area contributed by atoms with Gasteiger partial charge in [-0.3, -0.25) is 9.59 Å². The van der Waals surface area contributed by atoms with Crippen molar-refractivity contribution in [2.45, 2.75) is 25.7 Å². The fourth-order valence-electron chi connectivity index (χ4n) is 1.68. The van der Waals surface area contributed by atoms with Gasteiger partial charge in [0.2, 0.25) is 0 Å². The van der Waals surface area contributed by atoms with Gasteiger partial charge in [-0.25, -0.2) is 0 Å². The van der Waals surface area contributed by atoms with Crippen LogP contribution < -0.4 is 0 Å². The number of hydrogen-bond donors (Lipinski definition) is 1.